The summed E-state index contributed by atoms with van der Waals surface area (Å²) in [7, 11) is 0. The van der Waals surface area contributed by atoms with E-state index in [1.165, 1.54) is 5.56 Å². The van der Waals surface area contributed by atoms with Crippen LogP contribution in [0.25, 0.3) is 11.3 Å². The number of rotatable bonds is 5. The third kappa shape index (κ3) is 3.42. The predicted octanol–water partition coefficient (Wildman–Crippen LogP) is 4.43. The average Bonchev–Trinajstić information content (AvgIpc) is 3.28. The SMILES string of the molecule is CC(C)c1ccc([C@@]2(C)NC(=O)N(Cc3ncc(-c4ccccc4)o3)C2=O)cc1. The summed E-state index contributed by atoms with van der Waals surface area (Å²) in [5, 5.41) is 2.82. The molecule has 2 heterocycles. The number of urea groups is 1. The molecule has 0 saturated carbocycles. The Kier molecular flexibility index (Phi) is 4.70. The van der Waals surface area contributed by atoms with Crippen LogP contribution in [0, 0.1) is 0 Å². The summed E-state index contributed by atoms with van der Waals surface area (Å²) in [5.41, 5.74) is 1.71. The summed E-state index contributed by atoms with van der Waals surface area (Å²) in [6, 6.07) is 16.9. The van der Waals surface area contributed by atoms with Crippen LogP contribution in [0.4, 0.5) is 4.79 Å². The molecular formula is C23H23N3O3. The van der Waals surface area contributed by atoms with Gasteiger partial charge in [-0.15, -0.1) is 0 Å². The Hall–Kier alpha value is -3.41. The fourth-order valence-electron chi connectivity index (χ4n) is 3.49. The molecule has 1 aliphatic heterocycles. The van der Waals surface area contributed by atoms with Gasteiger partial charge in [0.1, 0.15) is 12.1 Å². The van der Waals surface area contributed by atoms with Crippen molar-refractivity contribution in [2.24, 2.45) is 0 Å². The van der Waals surface area contributed by atoms with Crippen molar-refractivity contribution in [1.29, 1.82) is 0 Å². The van der Waals surface area contributed by atoms with E-state index >= 15 is 0 Å². The highest BCUT2D eigenvalue weighted by Crippen LogP contribution is 2.31. The lowest BCUT2D eigenvalue weighted by atomic mass is 9.90. The van der Waals surface area contributed by atoms with Crippen molar-refractivity contribution in [1.82, 2.24) is 15.2 Å². The van der Waals surface area contributed by atoms with Gasteiger partial charge in [-0.25, -0.2) is 9.78 Å². The maximum absolute atomic E-state index is 13.1. The molecule has 29 heavy (non-hydrogen) atoms. The zero-order chi connectivity index (χ0) is 20.6. The van der Waals surface area contributed by atoms with E-state index in [1.807, 2.05) is 54.6 Å². The van der Waals surface area contributed by atoms with Gasteiger partial charge in [0, 0.05) is 5.56 Å². The minimum atomic E-state index is -1.11. The Morgan fingerprint density at radius 1 is 1.07 bits per heavy atom. The van der Waals surface area contributed by atoms with E-state index in [1.54, 1.807) is 13.1 Å². The molecule has 2 aromatic carbocycles. The van der Waals surface area contributed by atoms with Gasteiger partial charge in [0.2, 0.25) is 5.89 Å². The van der Waals surface area contributed by atoms with Gasteiger partial charge in [-0.2, -0.15) is 0 Å². The van der Waals surface area contributed by atoms with E-state index < -0.39 is 11.6 Å². The Labute approximate surface area is 169 Å². The van der Waals surface area contributed by atoms with Crippen molar-refractivity contribution >= 4 is 11.9 Å². The van der Waals surface area contributed by atoms with Gasteiger partial charge in [0.15, 0.2) is 5.76 Å². The van der Waals surface area contributed by atoms with E-state index in [2.05, 4.69) is 24.1 Å². The van der Waals surface area contributed by atoms with Gasteiger partial charge in [0.25, 0.3) is 5.91 Å². The second-order valence-corrected chi connectivity index (χ2v) is 7.71. The van der Waals surface area contributed by atoms with E-state index in [0.717, 1.165) is 16.0 Å². The minimum Gasteiger partial charge on any atom is -0.439 e. The number of hydrogen-bond acceptors (Lipinski definition) is 4. The zero-order valence-corrected chi connectivity index (χ0v) is 16.7. The number of oxazole rings is 1. The van der Waals surface area contributed by atoms with Crippen LogP contribution in [-0.4, -0.2) is 21.8 Å². The molecule has 0 aliphatic carbocycles. The van der Waals surface area contributed by atoms with Gasteiger partial charge >= 0.3 is 6.03 Å². The van der Waals surface area contributed by atoms with Crippen LogP contribution in [0.1, 0.15) is 43.7 Å². The summed E-state index contributed by atoms with van der Waals surface area (Å²) in [6.45, 7) is 5.93. The molecule has 0 radical (unpaired) electrons. The number of amides is 3. The molecule has 0 spiro atoms. The Bertz CT molecular complexity index is 1040. The molecule has 1 saturated heterocycles. The smallest absolute Gasteiger partial charge is 0.325 e. The summed E-state index contributed by atoms with van der Waals surface area (Å²) in [5.74, 6) is 0.983. The van der Waals surface area contributed by atoms with E-state index in [-0.39, 0.29) is 12.5 Å². The molecule has 4 rings (SSSR count). The lowest BCUT2D eigenvalue weighted by Crippen LogP contribution is -2.40. The molecule has 1 fully saturated rings. The molecule has 1 aliphatic rings. The number of aromatic nitrogens is 1. The number of imide groups is 1. The maximum atomic E-state index is 13.1. The lowest BCUT2D eigenvalue weighted by molar-refractivity contribution is -0.131. The Morgan fingerprint density at radius 2 is 1.76 bits per heavy atom. The highest BCUT2D eigenvalue weighted by Gasteiger charge is 2.49. The topological polar surface area (TPSA) is 75.4 Å². The molecule has 6 nitrogen and oxygen atoms in total. The molecular weight excluding hydrogens is 366 g/mol. The fourth-order valence-corrected chi connectivity index (χ4v) is 3.49. The third-order valence-corrected chi connectivity index (χ3v) is 5.33. The molecule has 6 heteroatoms. The Balaban J connectivity index is 1.55. The van der Waals surface area contributed by atoms with Crippen molar-refractivity contribution in [2.45, 2.75) is 38.8 Å². The van der Waals surface area contributed by atoms with Crippen LogP contribution in [0.3, 0.4) is 0 Å². The van der Waals surface area contributed by atoms with Gasteiger partial charge in [-0.3, -0.25) is 9.69 Å². The van der Waals surface area contributed by atoms with Crippen LogP contribution in [-0.2, 0) is 16.9 Å². The van der Waals surface area contributed by atoms with Gasteiger partial charge in [-0.1, -0.05) is 68.4 Å². The van der Waals surface area contributed by atoms with Gasteiger partial charge in [-0.05, 0) is 24.0 Å². The average molecular weight is 389 g/mol. The van der Waals surface area contributed by atoms with E-state index in [4.69, 9.17) is 4.42 Å². The van der Waals surface area contributed by atoms with Crippen LogP contribution in [0.15, 0.2) is 65.2 Å². The predicted molar refractivity (Wildman–Crippen MR) is 109 cm³/mol. The van der Waals surface area contributed by atoms with Crippen LogP contribution >= 0.6 is 0 Å². The van der Waals surface area contributed by atoms with Crippen molar-refractivity contribution in [3.63, 3.8) is 0 Å². The molecule has 148 valence electrons. The number of carbonyl (C=O) groups excluding carboxylic acids is 2. The first-order valence-corrected chi connectivity index (χ1v) is 9.63. The number of nitrogens with zero attached hydrogens (tertiary/aromatic N) is 2. The minimum absolute atomic E-state index is 0.0167. The van der Waals surface area contributed by atoms with Crippen LogP contribution < -0.4 is 5.32 Å². The van der Waals surface area contributed by atoms with Gasteiger partial charge < -0.3 is 9.73 Å². The fraction of sp³-hybridized carbons (Fsp3) is 0.261. The van der Waals surface area contributed by atoms with Crippen LogP contribution in [0.2, 0.25) is 0 Å². The molecule has 0 bridgehead atoms. The van der Waals surface area contributed by atoms with Crippen molar-refractivity contribution in [3.8, 4) is 11.3 Å². The number of benzene rings is 2. The zero-order valence-electron chi connectivity index (χ0n) is 16.7. The lowest BCUT2D eigenvalue weighted by Gasteiger charge is -2.22. The molecule has 3 aromatic rings. The van der Waals surface area contributed by atoms with E-state index in [0.29, 0.717) is 17.6 Å². The number of carbonyl (C=O) groups is 2. The highest BCUT2D eigenvalue weighted by atomic mass is 16.4. The normalized spacial score (nSPS) is 19.1. The molecule has 3 amide bonds. The largest absolute Gasteiger partial charge is 0.439 e. The van der Waals surface area contributed by atoms with Crippen LogP contribution in [0.5, 0.6) is 0 Å². The van der Waals surface area contributed by atoms with Crippen molar-refractivity contribution in [2.75, 3.05) is 0 Å². The number of nitrogens with one attached hydrogen (secondary N) is 1. The third-order valence-electron chi connectivity index (χ3n) is 5.33. The first-order chi connectivity index (χ1) is 13.9. The molecule has 1 atom stereocenters. The molecule has 0 unspecified atom stereocenters. The van der Waals surface area contributed by atoms with E-state index in [9.17, 15) is 9.59 Å². The first kappa shape index (κ1) is 18.9. The monoisotopic (exact) mass is 389 g/mol. The van der Waals surface area contributed by atoms with Crippen molar-refractivity contribution < 1.29 is 14.0 Å². The molecule has 1 N–H and O–H groups in total. The summed E-state index contributed by atoms with van der Waals surface area (Å²) in [6.07, 6.45) is 1.60. The Morgan fingerprint density at radius 3 is 2.41 bits per heavy atom. The van der Waals surface area contributed by atoms with Crippen molar-refractivity contribution in [3.05, 3.63) is 77.8 Å². The summed E-state index contributed by atoms with van der Waals surface area (Å²) < 4.78 is 5.76. The second-order valence-electron chi connectivity index (χ2n) is 7.71. The maximum Gasteiger partial charge on any atom is 0.325 e. The van der Waals surface area contributed by atoms with Gasteiger partial charge in [0.05, 0.1) is 6.20 Å². The molecule has 1 aromatic heterocycles. The second kappa shape index (κ2) is 7.20. The summed E-state index contributed by atoms with van der Waals surface area (Å²) in [4.78, 5) is 31.1. The quantitative estimate of drug-likeness (QED) is 0.655. The summed E-state index contributed by atoms with van der Waals surface area (Å²) >= 11 is 0. The number of hydrogen-bond donors (Lipinski definition) is 1. The standard InChI is InChI=1S/C23H23N3O3/c1-15(2)16-9-11-18(12-10-16)23(3)21(27)26(22(28)25-23)14-20-24-13-19(29-20)17-7-5-4-6-8-17/h4-13,15H,14H2,1-3H3,(H,25,28)/t23-/m1/s1. The first-order valence-electron chi connectivity index (χ1n) is 9.63. The highest BCUT2D eigenvalue weighted by molar-refractivity contribution is 6.07.